The van der Waals surface area contributed by atoms with E-state index in [0.717, 1.165) is 17.0 Å². The lowest BCUT2D eigenvalue weighted by molar-refractivity contribution is 0.270. The van der Waals surface area contributed by atoms with Crippen molar-refractivity contribution in [2.75, 3.05) is 0 Å². The number of allylic oxidation sites excluding steroid dienone is 2. The first-order chi connectivity index (χ1) is 13.6. The number of benzene rings is 2. The molecule has 0 spiro atoms. The van der Waals surface area contributed by atoms with Gasteiger partial charge in [-0.25, -0.2) is 0 Å². The van der Waals surface area contributed by atoms with Crippen LogP contribution in [-0.4, -0.2) is 11.1 Å². The highest BCUT2D eigenvalue weighted by Crippen LogP contribution is 2.51. The Morgan fingerprint density at radius 3 is 2.61 bits per heavy atom. The second kappa shape index (κ2) is 5.45. The fourth-order valence-corrected chi connectivity index (χ4v) is 5.01. The summed E-state index contributed by atoms with van der Waals surface area (Å²) in [6.07, 6.45) is 10.7. The molecule has 136 valence electrons. The number of nitrogens with zero attached hydrogens (tertiary/aromatic N) is 1. The molecule has 1 aliphatic heterocycles. The van der Waals surface area contributed by atoms with E-state index in [0.29, 0.717) is 5.92 Å². The maximum absolute atomic E-state index is 6.35. The smallest absolute Gasteiger partial charge is 0.133 e. The van der Waals surface area contributed by atoms with Crippen LogP contribution in [0.4, 0.5) is 0 Å². The maximum atomic E-state index is 6.35. The molecule has 2 heteroatoms. The van der Waals surface area contributed by atoms with Gasteiger partial charge in [0, 0.05) is 34.2 Å². The van der Waals surface area contributed by atoms with Gasteiger partial charge in [-0.3, -0.25) is 4.98 Å². The van der Waals surface area contributed by atoms with E-state index in [1.807, 2.05) is 6.20 Å². The summed E-state index contributed by atoms with van der Waals surface area (Å²) in [6, 6.07) is 17.4. The summed E-state index contributed by atoms with van der Waals surface area (Å²) in [5.41, 5.74) is 8.57. The first-order valence-electron chi connectivity index (χ1n) is 9.90. The first-order valence-corrected chi connectivity index (χ1v) is 9.90. The summed E-state index contributed by atoms with van der Waals surface area (Å²) in [5, 5.41) is 0. The van der Waals surface area contributed by atoms with Gasteiger partial charge in [-0.1, -0.05) is 68.5 Å². The average Bonchev–Trinajstić information content (AvgIpc) is 3.22. The highest BCUT2D eigenvalue weighted by Gasteiger charge is 2.37. The van der Waals surface area contributed by atoms with Crippen molar-refractivity contribution in [2.24, 2.45) is 0 Å². The van der Waals surface area contributed by atoms with Crippen LogP contribution in [0.1, 0.15) is 36.5 Å². The molecular weight excluding hydrogens is 342 g/mol. The lowest BCUT2D eigenvalue weighted by atomic mass is 9.82. The fourth-order valence-electron chi connectivity index (χ4n) is 5.01. The molecule has 0 saturated carbocycles. The molecule has 0 saturated heterocycles. The molecule has 2 aromatic carbocycles. The Balaban J connectivity index is 1.51. The summed E-state index contributed by atoms with van der Waals surface area (Å²) in [7, 11) is 0. The van der Waals surface area contributed by atoms with Gasteiger partial charge in [0.2, 0.25) is 0 Å². The van der Waals surface area contributed by atoms with Gasteiger partial charge in [0.25, 0.3) is 0 Å². The molecule has 2 unspecified atom stereocenters. The third-order valence-electron chi connectivity index (χ3n) is 6.49. The monoisotopic (exact) mass is 363 g/mol. The minimum absolute atomic E-state index is 0.0259. The van der Waals surface area contributed by atoms with E-state index >= 15 is 0 Å². The quantitative estimate of drug-likeness (QED) is 0.527. The number of para-hydroxylation sites is 1. The van der Waals surface area contributed by atoms with Gasteiger partial charge in [0.1, 0.15) is 11.9 Å². The van der Waals surface area contributed by atoms with Crippen LogP contribution in [0.5, 0.6) is 5.75 Å². The molecule has 0 bridgehead atoms. The molecule has 0 amide bonds. The van der Waals surface area contributed by atoms with Crippen molar-refractivity contribution in [3.8, 4) is 28.1 Å². The number of ether oxygens (including phenoxy) is 1. The van der Waals surface area contributed by atoms with Crippen molar-refractivity contribution in [1.82, 2.24) is 4.98 Å². The van der Waals surface area contributed by atoms with E-state index in [1.54, 1.807) is 0 Å². The second-order valence-electron chi connectivity index (χ2n) is 8.39. The zero-order valence-electron chi connectivity index (χ0n) is 16.0. The van der Waals surface area contributed by atoms with Crippen molar-refractivity contribution in [3.05, 3.63) is 95.7 Å². The minimum Gasteiger partial charge on any atom is -0.484 e. The molecular formula is C26H21NO. The third kappa shape index (κ3) is 2.00. The van der Waals surface area contributed by atoms with Crippen molar-refractivity contribution in [2.45, 2.75) is 31.3 Å². The van der Waals surface area contributed by atoms with Crippen LogP contribution in [0.25, 0.3) is 22.4 Å². The van der Waals surface area contributed by atoms with Gasteiger partial charge < -0.3 is 4.74 Å². The Labute approximate surface area is 165 Å². The number of hydrogen-bond donors (Lipinski definition) is 0. The van der Waals surface area contributed by atoms with Crippen molar-refractivity contribution in [1.29, 1.82) is 0 Å². The Morgan fingerprint density at radius 2 is 1.68 bits per heavy atom. The Morgan fingerprint density at radius 1 is 0.857 bits per heavy atom. The summed E-state index contributed by atoms with van der Waals surface area (Å²) in [4.78, 5) is 4.86. The lowest BCUT2D eigenvalue weighted by Crippen LogP contribution is -2.15. The van der Waals surface area contributed by atoms with E-state index in [9.17, 15) is 0 Å². The van der Waals surface area contributed by atoms with Gasteiger partial charge in [-0.05, 0) is 34.9 Å². The number of rotatable bonds is 1. The lowest BCUT2D eigenvalue weighted by Gasteiger charge is -2.21. The van der Waals surface area contributed by atoms with Crippen LogP contribution in [-0.2, 0) is 5.41 Å². The van der Waals surface area contributed by atoms with Gasteiger partial charge >= 0.3 is 0 Å². The summed E-state index contributed by atoms with van der Waals surface area (Å²) in [5.74, 6) is 1.28. The minimum atomic E-state index is -0.0259. The molecule has 6 rings (SSSR count). The molecule has 28 heavy (non-hydrogen) atoms. The Hall–Kier alpha value is -3.13. The zero-order chi connectivity index (χ0) is 18.9. The van der Waals surface area contributed by atoms with E-state index < -0.39 is 0 Å². The molecule has 3 aliphatic rings. The predicted octanol–water partition coefficient (Wildman–Crippen LogP) is 6.03. The maximum Gasteiger partial charge on any atom is 0.133 e. The molecule has 2 atom stereocenters. The number of aromatic nitrogens is 1. The average molecular weight is 363 g/mol. The van der Waals surface area contributed by atoms with Crippen molar-refractivity contribution < 1.29 is 4.74 Å². The van der Waals surface area contributed by atoms with Crippen LogP contribution in [0.3, 0.4) is 0 Å². The number of pyridine rings is 1. The predicted molar refractivity (Wildman–Crippen MR) is 113 cm³/mol. The third-order valence-corrected chi connectivity index (χ3v) is 6.49. The van der Waals surface area contributed by atoms with E-state index in [-0.39, 0.29) is 11.5 Å². The zero-order valence-corrected chi connectivity index (χ0v) is 16.0. The van der Waals surface area contributed by atoms with Crippen LogP contribution < -0.4 is 4.74 Å². The van der Waals surface area contributed by atoms with Crippen LogP contribution in [0.15, 0.2) is 79.0 Å². The van der Waals surface area contributed by atoms with Crippen LogP contribution in [0.2, 0.25) is 0 Å². The highest BCUT2D eigenvalue weighted by molar-refractivity contribution is 5.83. The molecule has 2 heterocycles. The molecule has 3 aromatic rings. The molecule has 0 fully saturated rings. The molecule has 1 aromatic heterocycles. The number of hydrogen-bond acceptors (Lipinski definition) is 2. The molecule has 2 nitrogen and oxygen atoms in total. The summed E-state index contributed by atoms with van der Waals surface area (Å²) >= 11 is 0. The standard InChI is InChI=1S/C26H21NO/c1-26(2)21-12-5-3-8-16(21)20-15-27-23(14-22(20)26)19-11-7-10-18-17-9-4-6-13-24(17)28-25(18)19/h3-15,17,24H,1-2H3. The van der Waals surface area contributed by atoms with Gasteiger partial charge in [-0.15, -0.1) is 0 Å². The first kappa shape index (κ1) is 15.9. The SMILES string of the molecule is CC1(C)c2ccccc2-c2cnc(-c3cccc4c3OC3C=CC=CC43)cc21. The van der Waals surface area contributed by atoms with Gasteiger partial charge in [-0.2, -0.15) is 0 Å². The number of fused-ring (bicyclic) bond motifs is 6. The highest BCUT2D eigenvalue weighted by atomic mass is 16.5. The van der Waals surface area contributed by atoms with Crippen LogP contribution >= 0.6 is 0 Å². The molecule has 2 aliphatic carbocycles. The fraction of sp³-hybridized carbons (Fsp3) is 0.192. The van der Waals surface area contributed by atoms with E-state index in [2.05, 4.69) is 86.7 Å². The Bertz CT molecular complexity index is 1180. The van der Waals surface area contributed by atoms with Crippen molar-refractivity contribution in [3.63, 3.8) is 0 Å². The van der Waals surface area contributed by atoms with Crippen molar-refractivity contribution >= 4 is 0 Å². The normalized spacial score (nSPS) is 22.2. The van der Waals surface area contributed by atoms with Gasteiger partial charge in [0.05, 0.1) is 5.69 Å². The van der Waals surface area contributed by atoms with Gasteiger partial charge in [0.15, 0.2) is 0 Å². The van der Waals surface area contributed by atoms with Crippen LogP contribution in [0, 0.1) is 0 Å². The summed E-state index contributed by atoms with van der Waals surface area (Å²) < 4.78 is 6.35. The molecule has 0 radical (unpaired) electrons. The summed E-state index contributed by atoms with van der Waals surface area (Å²) in [6.45, 7) is 4.61. The largest absolute Gasteiger partial charge is 0.484 e. The second-order valence-corrected chi connectivity index (χ2v) is 8.39. The topological polar surface area (TPSA) is 22.1 Å². The Kier molecular flexibility index (Phi) is 3.09. The van der Waals surface area contributed by atoms with E-state index in [4.69, 9.17) is 9.72 Å². The molecule has 0 N–H and O–H groups in total. The van der Waals surface area contributed by atoms with E-state index in [1.165, 1.54) is 27.8 Å².